The van der Waals surface area contributed by atoms with Crippen LogP contribution >= 0.6 is 24.0 Å². The molecule has 7 nitrogen and oxygen atoms in total. The molecular weight excluding hydrogens is 522 g/mol. The number of hydrogen-bond donors (Lipinski definition) is 2. The average molecular weight is 550 g/mol. The number of guanidine groups is 1. The Morgan fingerprint density at radius 3 is 2.27 bits per heavy atom. The maximum atomic E-state index is 13.0. The molecule has 0 aliphatic rings. The molecule has 2 rings (SSSR count). The van der Waals surface area contributed by atoms with Crippen molar-refractivity contribution >= 4 is 40.0 Å². The zero-order valence-electron chi connectivity index (χ0n) is 17.3. The highest BCUT2D eigenvalue weighted by molar-refractivity contribution is 14.0. The predicted molar refractivity (Wildman–Crippen MR) is 127 cm³/mol. The van der Waals surface area contributed by atoms with Gasteiger partial charge in [0.1, 0.15) is 5.82 Å². The van der Waals surface area contributed by atoms with E-state index >= 15 is 0 Å². The third-order valence-electron chi connectivity index (χ3n) is 4.19. The van der Waals surface area contributed by atoms with E-state index in [9.17, 15) is 12.8 Å². The first-order valence-electron chi connectivity index (χ1n) is 9.09. The molecule has 0 atom stereocenters. The fraction of sp³-hybridized carbons (Fsp3) is 0.350. The van der Waals surface area contributed by atoms with Crippen LogP contribution in [-0.2, 0) is 27.8 Å². The normalized spacial score (nSPS) is 11.7. The summed E-state index contributed by atoms with van der Waals surface area (Å²) >= 11 is 0. The number of halogens is 2. The fourth-order valence-corrected chi connectivity index (χ4v) is 3.67. The van der Waals surface area contributed by atoms with Gasteiger partial charge in [-0.25, -0.2) is 17.5 Å². The lowest BCUT2D eigenvalue weighted by Crippen LogP contribution is -2.38. The lowest BCUT2D eigenvalue weighted by molar-refractivity contribution is 0.204. The second-order valence-electron chi connectivity index (χ2n) is 6.42. The topological polar surface area (TPSA) is 83.0 Å². The van der Waals surface area contributed by atoms with E-state index in [1.54, 1.807) is 43.4 Å². The molecular formula is C20H28FIN4O3S. The molecule has 166 valence electrons. The Morgan fingerprint density at radius 1 is 1.10 bits per heavy atom. The number of methoxy groups -OCH3 is 1. The van der Waals surface area contributed by atoms with Gasteiger partial charge in [-0.1, -0.05) is 24.3 Å². The van der Waals surface area contributed by atoms with Crippen LogP contribution in [0, 0.1) is 5.82 Å². The second-order valence-corrected chi connectivity index (χ2v) is 8.18. The highest BCUT2D eigenvalue weighted by Crippen LogP contribution is 2.11. The van der Waals surface area contributed by atoms with Gasteiger partial charge in [-0.3, -0.25) is 4.99 Å². The van der Waals surface area contributed by atoms with Crippen LogP contribution in [0.25, 0.3) is 0 Å². The summed E-state index contributed by atoms with van der Waals surface area (Å²) in [6.45, 7) is 1.59. The molecule has 10 heteroatoms. The van der Waals surface area contributed by atoms with Gasteiger partial charge in [0.05, 0.1) is 11.5 Å². The van der Waals surface area contributed by atoms with Crippen molar-refractivity contribution in [1.82, 2.24) is 14.9 Å². The Balaban J connectivity index is 0.00000450. The van der Waals surface area contributed by atoms with E-state index in [-0.39, 0.29) is 41.2 Å². The van der Waals surface area contributed by atoms with Gasteiger partial charge in [-0.2, -0.15) is 0 Å². The Hall–Kier alpha value is -1.76. The van der Waals surface area contributed by atoms with Crippen LogP contribution in [-0.4, -0.2) is 53.6 Å². The summed E-state index contributed by atoms with van der Waals surface area (Å²) in [5.74, 6) is 0.408. The molecule has 0 aliphatic heterocycles. The van der Waals surface area contributed by atoms with Crippen LogP contribution < -0.4 is 10.0 Å². The molecule has 2 aromatic rings. The van der Waals surface area contributed by atoms with Gasteiger partial charge >= 0.3 is 0 Å². The van der Waals surface area contributed by atoms with Crippen molar-refractivity contribution in [3.63, 3.8) is 0 Å². The molecule has 0 saturated carbocycles. The van der Waals surface area contributed by atoms with Crippen LogP contribution in [0.2, 0.25) is 0 Å². The largest absolute Gasteiger partial charge is 0.383 e. The molecule has 30 heavy (non-hydrogen) atoms. The van der Waals surface area contributed by atoms with Crippen LogP contribution in [0.15, 0.2) is 58.4 Å². The van der Waals surface area contributed by atoms with Crippen molar-refractivity contribution in [2.75, 3.05) is 34.4 Å². The van der Waals surface area contributed by atoms with Gasteiger partial charge in [0.15, 0.2) is 5.96 Å². The first-order valence-corrected chi connectivity index (χ1v) is 10.6. The van der Waals surface area contributed by atoms with Crippen LogP contribution in [0.4, 0.5) is 4.39 Å². The van der Waals surface area contributed by atoms with E-state index in [0.29, 0.717) is 25.7 Å². The van der Waals surface area contributed by atoms with Gasteiger partial charge in [0.2, 0.25) is 10.0 Å². The minimum Gasteiger partial charge on any atom is -0.383 e. The second kappa shape index (κ2) is 12.8. The maximum Gasteiger partial charge on any atom is 0.240 e. The van der Waals surface area contributed by atoms with Crippen LogP contribution in [0.5, 0.6) is 0 Å². The van der Waals surface area contributed by atoms with Crippen molar-refractivity contribution in [2.45, 2.75) is 18.0 Å². The number of nitrogens with one attached hydrogen (secondary N) is 2. The minimum atomic E-state index is -3.55. The van der Waals surface area contributed by atoms with Crippen molar-refractivity contribution < 1.29 is 17.5 Å². The molecule has 0 aromatic heterocycles. The quantitative estimate of drug-likeness (QED) is 0.217. The Labute approximate surface area is 194 Å². The number of benzene rings is 2. The highest BCUT2D eigenvalue weighted by atomic mass is 127. The summed E-state index contributed by atoms with van der Waals surface area (Å²) in [6.07, 6.45) is 0. The van der Waals surface area contributed by atoms with E-state index < -0.39 is 10.0 Å². The number of sulfonamides is 1. The van der Waals surface area contributed by atoms with E-state index in [0.717, 1.165) is 11.1 Å². The number of ether oxygens (including phenoxy) is 1. The average Bonchev–Trinajstić information content (AvgIpc) is 2.70. The molecule has 2 aromatic carbocycles. The molecule has 0 heterocycles. The van der Waals surface area contributed by atoms with Crippen molar-refractivity contribution in [1.29, 1.82) is 0 Å². The Morgan fingerprint density at radius 2 is 1.70 bits per heavy atom. The molecule has 2 N–H and O–H groups in total. The third-order valence-corrected chi connectivity index (χ3v) is 5.67. The molecule has 0 radical (unpaired) electrons. The Kier molecular flexibility index (Phi) is 11.2. The van der Waals surface area contributed by atoms with E-state index in [2.05, 4.69) is 15.0 Å². The summed E-state index contributed by atoms with van der Waals surface area (Å²) < 4.78 is 44.7. The zero-order valence-corrected chi connectivity index (χ0v) is 20.4. The van der Waals surface area contributed by atoms with Gasteiger partial charge in [0.25, 0.3) is 0 Å². The molecule has 0 unspecified atom stereocenters. The predicted octanol–water partition coefficient (Wildman–Crippen LogP) is 2.58. The first-order chi connectivity index (χ1) is 13.9. The third kappa shape index (κ3) is 8.17. The van der Waals surface area contributed by atoms with Crippen molar-refractivity contribution in [3.8, 4) is 0 Å². The summed E-state index contributed by atoms with van der Waals surface area (Å²) in [5, 5.41) is 3.24. The number of nitrogens with zero attached hydrogens (tertiary/aromatic N) is 2. The van der Waals surface area contributed by atoms with Gasteiger partial charge in [-0.15, -0.1) is 24.0 Å². The molecule has 0 aliphatic carbocycles. The molecule has 0 amide bonds. The van der Waals surface area contributed by atoms with Gasteiger partial charge in [0, 0.05) is 40.8 Å². The number of hydrogen-bond acceptors (Lipinski definition) is 4. The molecule has 0 bridgehead atoms. The van der Waals surface area contributed by atoms with Crippen LogP contribution in [0.1, 0.15) is 11.1 Å². The van der Waals surface area contributed by atoms with Gasteiger partial charge in [-0.05, 0) is 35.4 Å². The maximum absolute atomic E-state index is 13.0. The van der Waals surface area contributed by atoms with Crippen molar-refractivity contribution in [2.24, 2.45) is 4.99 Å². The van der Waals surface area contributed by atoms with E-state index in [1.165, 1.54) is 19.2 Å². The lowest BCUT2D eigenvalue weighted by Gasteiger charge is -2.22. The molecule has 0 fully saturated rings. The summed E-state index contributed by atoms with van der Waals surface area (Å²) in [5.41, 5.74) is 1.88. The molecule has 0 saturated heterocycles. The summed E-state index contributed by atoms with van der Waals surface area (Å²) in [7, 11) is 1.54. The van der Waals surface area contributed by atoms with Gasteiger partial charge < -0.3 is 15.0 Å². The summed E-state index contributed by atoms with van der Waals surface area (Å²) in [6, 6.07) is 13.0. The first kappa shape index (κ1) is 26.3. The SMILES string of the molecule is CN=C(NCc1ccc(S(=O)(=O)NCCOC)cc1)N(C)Cc1ccc(F)cc1.I. The zero-order chi connectivity index (χ0) is 21.3. The standard InChI is InChI=1S/C20H27FN4O3S.HI/c1-22-20(25(2)15-17-4-8-18(21)9-5-17)23-14-16-6-10-19(11-7-16)29(26,27)24-12-13-28-3;/h4-11,24H,12-15H2,1-3H3,(H,22,23);1H. The van der Waals surface area contributed by atoms with Crippen molar-refractivity contribution in [3.05, 3.63) is 65.5 Å². The van der Waals surface area contributed by atoms with E-state index in [4.69, 9.17) is 4.74 Å². The highest BCUT2D eigenvalue weighted by Gasteiger charge is 2.13. The Bertz CT molecular complexity index is 907. The fourth-order valence-electron chi connectivity index (χ4n) is 2.65. The summed E-state index contributed by atoms with van der Waals surface area (Å²) in [4.78, 5) is 6.38. The number of rotatable bonds is 9. The van der Waals surface area contributed by atoms with E-state index in [1.807, 2.05) is 11.9 Å². The van der Waals surface area contributed by atoms with Crippen LogP contribution in [0.3, 0.4) is 0 Å². The monoisotopic (exact) mass is 550 g/mol. The molecule has 0 spiro atoms. The minimum absolute atomic E-state index is 0. The lowest BCUT2D eigenvalue weighted by atomic mass is 10.2. The number of aliphatic imine (C=N–C) groups is 1. The smallest absolute Gasteiger partial charge is 0.240 e.